The zero-order valence-electron chi connectivity index (χ0n) is 10.8. The highest BCUT2D eigenvalue weighted by molar-refractivity contribution is 6.09. The lowest BCUT2D eigenvalue weighted by molar-refractivity contribution is -0.149. The van der Waals surface area contributed by atoms with Gasteiger partial charge in [0.2, 0.25) is 5.78 Å². The Hall–Kier alpha value is -2.08. The highest BCUT2D eigenvalue weighted by Gasteiger charge is 2.11. The van der Waals surface area contributed by atoms with Gasteiger partial charge in [-0.3, -0.25) is 9.59 Å². The van der Waals surface area contributed by atoms with E-state index in [1.807, 2.05) is 6.07 Å². The van der Waals surface area contributed by atoms with Gasteiger partial charge in [0.15, 0.2) is 6.10 Å². The van der Waals surface area contributed by atoms with Crippen molar-refractivity contribution < 1.29 is 14.3 Å². The van der Waals surface area contributed by atoms with Crippen LogP contribution in [0.5, 0.6) is 0 Å². The van der Waals surface area contributed by atoms with Gasteiger partial charge in [0.05, 0.1) is 5.92 Å². The summed E-state index contributed by atoms with van der Waals surface area (Å²) in [5, 5.41) is 0. The van der Waals surface area contributed by atoms with Gasteiger partial charge in [-0.2, -0.15) is 0 Å². The van der Waals surface area contributed by atoms with E-state index in [4.69, 9.17) is 4.74 Å². The first kappa shape index (κ1) is 14.0. The molecule has 0 radical (unpaired) electrons. The molecule has 0 aliphatic carbocycles. The fourth-order valence-corrected chi connectivity index (χ4v) is 1.17. The number of benzene rings is 1. The molecule has 0 aromatic heterocycles. The van der Waals surface area contributed by atoms with Gasteiger partial charge in [0.1, 0.15) is 0 Å². The van der Waals surface area contributed by atoms with Crippen LogP contribution in [0.15, 0.2) is 30.3 Å². The zero-order valence-corrected chi connectivity index (χ0v) is 10.8. The lowest BCUT2D eigenvalue weighted by atomic mass is 10.1. The minimum atomic E-state index is -0.576. The zero-order chi connectivity index (χ0) is 13.5. The van der Waals surface area contributed by atoms with Crippen LogP contribution in [0.25, 0.3) is 0 Å². The van der Waals surface area contributed by atoms with Crippen molar-refractivity contribution in [1.82, 2.24) is 0 Å². The molecule has 1 rings (SSSR count). The quantitative estimate of drug-likeness (QED) is 0.355. The van der Waals surface area contributed by atoms with Crippen LogP contribution in [0.4, 0.5) is 0 Å². The molecule has 18 heavy (non-hydrogen) atoms. The fraction of sp³-hybridized carbons (Fsp3) is 0.333. The van der Waals surface area contributed by atoms with Gasteiger partial charge >= 0.3 is 5.97 Å². The second-order valence-corrected chi connectivity index (χ2v) is 4.20. The van der Waals surface area contributed by atoms with Gasteiger partial charge in [-0.25, -0.2) is 0 Å². The molecule has 1 atom stereocenters. The first-order valence-corrected chi connectivity index (χ1v) is 5.82. The largest absolute Gasteiger partial charge is 0.449 e. The molecule has 0 aliphatic heterocycles. The number of hydrogen-bond acceptors (Lipinski definition) is 3. The molecule has 1 aromatic rings. The molecule has 1 unspecified atom stereocenters. The SMILES string of the molecule is CC(C#CC(=O)c1ccccc1)OC(=O)C(C)C. The summed E-state index contributed by atoms with van der Waals surface area (Å²) in [4.78, 5) is 22.9. The van der Waals surface area contributed by atoms with E-state index in [0.29, 0.717) is 5.56 Å². The van der Waals surface area contributed by atoms with Gasteiger partial charge in [0, 0.05) is 5.56 Å². The second-order valence-electron chi connectivity index (χ2n) is 4.20. The number of Topliss-reactive ketones (excluding diaryl/α,β-unsaturated/α-hetero) is 1. The van der Waals surface area contributed by atoms with Crippen LogP contribution in [0, 0.1) is 17.8 Å². The highest BCUT2D eigenvalue weighted by Crippen LogP contribution is 2.01. The summed E-state index contributed by atoms with van der Waals surface area (Å²) >= 11 is 0. The topological polar surface area (TPSA) is 43.4 Å². The van der Waals surface area contributed by atoms with Crippen LogP contribution in [0.2, 0.25) is 0 Å². The van der Waals surface area contributed by atoms with Crippen LogP contribution in [0.1, 0.15) is 31.1 Å². The fourth-order valence-electron chi connectivity index (χ4n) is 1.17. The van der Waals surface area contributed by atoms with Crippen LogP contribution < -0.4 is 0 Å². The molecule has 0 fully saturated rings. The predicted octanol–water partition coefficient (Wildman–Crippen LogP) is 2.46. The number of hydrogen-bond donors (Lipinski definition) is 0. The summed E-state index contributed by atoms with van der Waals surface area (Å²) < 4.78 is 5.03. The second kappa shape index (κ2) is 6.61. The van der Waals surface area contributed by atoms with E-state index in [9.17, 15) is 9.59 Å². The summed E-state index contributed by atoms with van der Waals surface area (Å²) in [6, 6.07) is 8.77. The highest BCUT2D eigenvalue weighted by atomic mass is 16.5. The molecule has 1 aromatic carbocycles. The Kier molecular flexibility index (Phi) is 5.13. The first-order valence-electron chi connectivity index (χ1n) is 5.82. The van der Waals surface area contributed by atoms with Crippen LogP contribution in [-0.2, 0) is 9.53 Å². The van der Waals surface area contributed by atoms with Crippen LogP contribution >= 0.6 is 0 Å². The molecular formula is C15H16O3. The molecule has 0 N–H and O–H groups in total. The molecule has 0 saturated heterocycles. The smallest absolute Gasteiger partial charge is 0.309 e. The number of carbonyl (C=O) groups is 2. The molecule has 0 spiro atoms. The van der Waals surface area contributed by atoms with Crippen molar-refractivity contribution in [2.24, 2.45) is 5.92 Å². The van der Waals surface area contributed by atoms with Crippen molar-refractivity contribution in [3.63, 3.8) is 0 Å². The predicted molar refractivity (Wildman–Crippen MR) is 68.9 cm³/mol. The Morgan fingerprint density at radius 2 is 1.72 bits per heavy atom. The number of esters is 1. The minimum absolute atomic E-state index is 0.195. The summed E-state index contributed by atoms with van der Waals surface area (Å²) in [5.74, 6) is 4.31. The molecule has 0 heterocycles. The average Bonchev–Trinajstić information content (AvgIpc) is 2.36. The van der Waals surface area contributed by atoms with E-state index in [0.717, 1.165) is 0 Å². The Bertz CT molecular complexity index is 477. The standard InChI is InChI=1S/C15H16O3/c1-11(2)15(17)18-12(3)9-10-14(16)13-7-5-4-6-8-13/h4-8,11-12H,1-3H3. The van der Waals surface area contributed by atoms with Crippen molar-refractivity contribution in [2.45, 2.75) is 26.9 Å². The van der Waals surface area contributed by atoms with E-state index in [1.165, 1.54) is 0 Å². The Balaban J connectivity index is 2.61. The summed E-state index contributed by atoms with van der Waals surface area (Å²) in [6.07, 6.45) is -0.576. The number of carbonyl (C=O) groups excluding carboxylic acids is 2. The normalized spacial score (nSPS) is 11.3. The third kappa shape index (κ3) is 4.42. The van der Waals surface area contributed by atoms with Gasteiger partial charge in [-0.05, 0) is 12.8 Å². The number of ketones is 1. The summed E-state index contributed by atoms with van der Waals surface area (Å²) in [7, 11) is 0. The van der Waals surface area contributed by atoms with E-state index in [2.05, 4.69) is 11.8 Å². The maximum Gasteiger partial charge on any atom is 0.309 e. The molecule has 0 aliphatic rings. The van der Waals surface area contributed by atoms with Crippen LogP contribution in [0.3, 0.4) is 0 Å². The molecular weight excluding hydrogens is 228 g/mol. The Morgan fingerprint density at radius 1 is 1.11 bits per heavy atom. The number of rotatable bonds is 3. The third-order valence-electron chi connectivity index (χ3n) is 2.19. The minimum Gasteiger partial charge on any atom is -0.449 e. The lowest BCUT2D eigenvalue weighted by Crippen LogP contribution is -2.18. The van der Waals surface area contributed by atoms with Crippen LogP contribution in [-0.4, -0.2) is 17.9 Å². The van der Waals surface area contributed by atoms with Crippen molar-refractivity contribution in [1.29, 1.82) is 0 Å². The average molecular weight is 244 g/mol. The van der Waals surface area contributed by atoms with Crippen molar-refractivity contribution >= 4 is 11.8 Å². The summed E-state index contributed by atoms with van der Waals surface area (Å²) in [6.45, 7) is 5.14. The molecule has 0 bridgehead atoms. The third-order valence-corrected chi connectivity index (χ3v) is 2.19. The van der Waals surface area contributed by atoms with E-state index < -0.39 is 6.10 Å². The summed E-state index contributed by atoms with van der Waals surface area (Å²) in [5.41, 5.74) is 0.535. The van der Waals surface area contributed by atoms with Gasteiger partial charge < -0.3 is 4.74 Å². The molecule has 0 saturated carbocycles. The maximum atomic E-state index is 11.7. The van der Waals surface area contributed by atoms with E-state index in [1.54, 1.807) is 45.0 Å². The molecule has 3 heteroatoms. The number of ether oxygens (including phenoxy) is 1. The monoisotopic (exact) mass is 244 g/mol. The van der Waals surface area contributed by atoms with Gasteiger partial charge in [-0.15, -0.1) is 0 Å². The lowest BCUT2D eigenvalue weighted by Gasteiger charge is -2.08. The Morgan fingerprint density at radius 3 is 2.28 bits per heavy atom. The maximum absolute atomic E-state index is 11.7. The van der Waals surface area contributed by atoms with Gasteiger partial charge in [0.25, 0.3) is 0 Å². The first-order chi connectivity index (χ1) is 8.50. The van der Waals surface area contributed by atoms with Crippen molar-refractivity contribution in [2.75, 3.05) is 0 Å². The molecule has 3 nitrogen and oxygen atoms in total. The van der Waals surface area contributed by atoms with Gasteiger partial charge in [-0.1, -0.05) is 50.1 Å². The van der Waals surface area contributed by atoms with Crippen molar-refractivity contribution in [3.8, 4) is 11.8 Å². The molecule has 94 valence electrons. The van der Waals surface area contributed by atoms with Crippen molar-refractivity contribution in [3.05, 3.63) is 35.9 Å². The van der Waals surface area contributed by atoms with E-state index >= 15 is 0 Å². The van der Waals surface area contributed by atoms with E-state index in [-0.39, 0.29) is 17.7 Å². The Labute approximate surface area is 107 Å². The molecule has 0 amide bonds.